The third kappa shape index (κ3) is 5.70. The van der Waals surface area contributed by atoms with E-state index in [0.29, 0.717) is 16.2 Å². The van der Waals surface area contributed by atoms with Crippen LogP contribution in [0.4, 0.5) is 5.95 Å². The number of nitrogens with zero attached hydrogens (tertiary/aromatic N) is 4. The van der Waals surface area contributed by atoms with Crippen LogP contribution in [-0.4, -0.2) is 31.6 Å². The average Bonchev–Trinajstić information content (AvgIpc) is 3.23. The van der Waals surface area contributed by atoms with Gasteiger partial charge in [0, 0.05) is 35.1 Å². The highest BCUT2D eigenvalue weighted by Crippen LogP contribution is 2.41. The van der Waals surface area contributed by atoms with Gasteiger partial charge in [0.1, 0.15) is 5.03 Å². The summed E-state index contributed by atoms with van der Waals surface area (Å²) in [6, 6.07) is 11.9. The number of hydrogen-bond donors (Lipinski definition) is 2. The van der Waals surface area contributed by atoms with Gasteiger partial charge in [-0.2, -0.15) is 0 Å². The number of benzene rings is 1. The van der Waals surface area contributed by atoms with Crippen LogP contribution in [-0.2, 0) is 5.41 Å². The van der Waals surface area contributed by atoms with Gasteiger partial charge in [0.15, 0.2) is 10.3 Å². The van der Waals surface area contributed by atoms with Crippen molar-refractivity contribution in [1.29, 1.82) is 0 Å². The Hall–Kier alpha value is -2.29. The van der Waals surface area contributed by atoms with Crippen molar-refractivity contribution in [2.24, 2.45) is 0 Å². The van der Waals surface area contributed by atoms with Gasteiger partial charge in [-0.3, -0.25) is 0 Å². The van der Waals surface area contributed by atoms with Gasteiger partial charge in [0.2, 0.25) is 5.95 Å². The van der Waals surface area contributed by atoms with Crippen molar-refractivity contribution in [1.82, 2.24) is 25.3 Å². The summed E-state index contributed by atoms with van der Waals surface area (Å²) in [5, 5.41) is 9.19. The number of aromatic nitrogens is 4. The van der Waals surface area contributed by atoms with Gasteiger partial charge in [-0.1, -0.05) is 36.6 Å². The van der Waals surface area contributed by atoms with E-state index in [-0.39, 0.29) is 5.41 Å². The first-order valence-corrected chi connectivity index (χ1v) is 11.7. The minimum absolute atomic E-state index is 0.0375. The second kappa shape index (κ2) is 9.89. The van der Waals surface area contributed by atoms with E-state index < -0.39 is 0 Å². The van der Waals surface area contributed by atoms with E-state index in [1.165, 1.54) is 30.2 Å². The molecule has 2 aromatic heterocycles. The van der Waals surface area contributed by atoms with Crippen LogP contribution < -0.4 is 10.6 Å². The highest BCUT2D eigenvalue weighted by Gasteiger charge is 2.35. The minimum Gasteiger partial charge on any atom is -0.361 e. The molecule has 160 valence electrons. The first-order valence-electron chi connectivity index (χ1n) is 10.1. The third-order valence-electron chi connectivity index (χ3n) is 5.38. The number of rotatable bonds is 6. The van der Waals surface area contributed by atoms with E-state index in [4.69, 9.17) is 23.8 Å². The van der Waals surface area contributed by atoms with Crippen LogP contribution in [0.2, 0.25) is 5.02 Å². The largest absolute Gasteiger partial charge is 0.361 e. The Labute approximate surface area is 196 Å². The van der Waals surface area contributed by atoms with E-state index in [9.17, 15) is 0 Å². The van der Waals surface area contributed by atoms with E-state index >= 15 is 0 Å². The Balaban J connectivity index is 1.42. The number of hydrogen-bond acceptors (Lipinski definition) is 6. The molecule has 3 aromatic rings. The topological polar surface area (TPSA) is 75.6 Å². The molecular weight excluding hydrogens is 448 g/mol. The molecule has 6 nitrogen and oxygen atoms in total. The minimum atomic E-state index is 0.0375. The molecule has 2 N–H and O–H groups in total. The summed E-state index contributed by atoms with van der Waals surface area (Å²) in [5.41, 5.74) is 2.14. The monoisotopic (exact) mass is 470 g/mol. The lowest BCUT2D eigenvalue weighted by Crippen LogP contribution is -2.41. The number of nitrogens with one attached hydrogen (secondary N) is 2. The van der Waals surface area contributed by atoms with E-state index in [2.05, 4.69) is 42.7 Å². The molecule has 4 rings (SSSR count). The van der Waals surface area contributed by atoms with Gasteiger partial charge >= 0.3 is 0 Å². The smallest absolute Gasteiger partial charge is 0.230 e. The lowest BCUT2D eigenvalue weighted by Gasteiger charge is -2.30. The van der Waals surface area contributed by atoms with E-state index in [1.54, 1.807) is 18.5 Å². The van der Waals surface area contributed by atoms with E-state index in [1.807, 2.05) is 25.1 Å². The molecule has 0 bridgehead atoms. The zero-order valence-electron chi connectivity index (χ0n) is 17.1. The molecule has 0 spiro atoms. The molecule has 9 heteroatoms. The highest BCUT2D eigenvalue weighted by atomic mass is 35.5. The lowest BCUT2D eigenvalue weighted by atomic mass is 9.79. The van der Waals surface area contributed by atoms with Crippen molar-refractivity contribution >= 4 is 46.6 Å². The fourth-order valence-electron chi connectivity index (χ4n) is 3.91. The summed E-state index contributed by atoms with van der Waals surface area (Å²) in [5.74, 6) is 0.458. The van der Waals surface area contributed by atoms with Crippen LogP contribution in [0.1, 0.15) is 36.9 Å². The van der Waals surface area contributed by atoms with Crippen LogP contribution in [0.15, 0.2) is 59.0 Å². The van der Waals surface area contributed by atoms with Crippen molar-refractivity contribution in [2.45, 2.75) is 48.2 Å². The molecule has 1 saturated carbocycles. The molecule has 1 aliphatic rings. The summed E-state index contributed by atoms with van der Waals surface area (Å²) in [6.07, 6.45) is 8.05. The van der Waals surface area contributed by atoms with Crippen LogP contribution in [0.5, 0.6) is 0 Å². The van der Waals surface area contributed by atoms with Crippen molar-refractivity contribution in [3.05, 3.63) is 65.1 Å². The van der Waals surface area contributed by atoms with E-state index in [0.717, 1.165) is 35.1 Å². The molecule has 0 unspecified atom stereocenters. The van der Waals surface area contributed by atoms with Gasteiger partial charge < -0.3 is 10.6 Å². The number of anilines is 1. The molecule has 0 aliphatic heterocycles. The maximum Gasteiger partial charge on any atom is 0.230 e. The van der Waals surface area contributed by atoms with Crippen LogP contribution in [0, 0.1) is 6.92 Å². The Morgan fingerprint density at radius 3 is 2.65 bits per heavy atom. The van der Waals surface area contributed by atoms with Crippen molar-refractivity contribution < 1.29 is 0 Å². The van der Waals surface area contributed by atoms with Gasteiger partial charge in [-0.25, -0.2) is 19.9 Å². The van der Waals surface area contributed by atoms with Crippen LogP contribution >= 0.6 is 35.6 Å². The predicted octanol–water partition coefficient (Wildman–Crippen LogP) is 5.18. The summed E-state index contributed by atoms with van der Waals surface area (Å²) < 4.78 is 0. The summed E-state index contributed by atoms with van der Waals surface area (Å²) in [4.78, 5) is 17.5. The van der Waals surface area contributed by atoms with Crippen molar-refractivity contribution in [3.63, 3.8) is 0 Å². The Kier molecular flexibility index (Phi) is 6.99. The number of aryl methyl sites for hydroxylation is 1. The molecule has 1 fully saturated rings. The molecule has 0 amide bonds. The standard InChI is InChI=1S/C22H23ClN6S2/c1-15-12-18(31-21-24-10-5-11-25-21)28-19(27-15)29-20(30)26-14-22(8-2-3-9-22)16-6-4-7-17(23)13-16/h4-7,10-13H,2-3,8-9,14H2,1H3,(H2,26,27,28,29,30). The number of halogens is 1. The van der Waals surface area contributed by atoms with Crippen molar-refractivity contribution in [2.75, 3.05) is 11.9 Å². The zero-order valence-corrected chi connectivity index (χ0v) is 19.5. The van der Waals surface area contributed by atoms with Crippen LogP contribution in [0.25, 0.3) is 0 Å². The highest BCUT2D eigenvalue weighted by molar-refractivity contribution is 7.99. The molecule has 0 saturated heterocycles. The lowest BCUT2D eigenvalue weighted by molar-refractivity contribution is 0.435. The van der Waals surface area contributed by atoms with Gasteiger partial charge in [-0.15, -0.1) is 0 Å². The molecule has 0 radical (unpaired) electrons. The SMILES string of the molecule is Cc1cc(Sc2ncccn2)nc(NC(=S)NCC2(c3cccc(Cl)c3)CCCC2)n1. The fourth-order valence-corrected chi connectivity index (χ4v) is 5.04. The summed E-state index contributed by atoms with van der Waals surface area (Å²) in [6.45, 7) is 2.66. The maximum atomic E-state index is 6.26. The molecular formula is C22H23ClN6S2. The quantitative estimate of drug-likeness (QED) is 0.290. The first kappa shape index (κ1) is 21.9. The van der Waals surface area contributed by atoms with Crippen molar-refractivity contribution in [3.8, 4) is 0 Å². The molecule has 2 heterocycles. The normalized spacial score (nSPS) is 14.9. The first-order chi connectivity index (χ1) is 15.0. The molecule has 1 aliphatic carbocycles. The van der Waals surface area contributed by atoms with Gasteiger partial charge in [-0.05, 0) is 73.6 Å². The Morgan fingerprint density at radius 1 is 1.13 bits per heavy atom. The second-order valence-corrected chi connectivity index (χ2v) is 9.44. The number of thiocarbonyl (C=S) groups is 1. The third-order valence-corrected chi connectivity index (χ3v) is 6.67. The molecule has 1 aromatic carbocycles. The van der Waals surface area contributed by atoms with Crippen LogP contribution in [0.3, 0.4) is 0 Å². The molecule has 31 heavy (non-hydrogen) atoms. The summed E-state index contributed by atoms with van der Waals surface area (Å²) >= 11 is 13.2. The van der Waals surface area contributed by atoms with Gasteiger partial charge in [0.05, 0.1) is 0 Å². The zero-order chi connectivity index (χ0) is 21.7. The molecule has 0 atom stereocenters. The summed E-state index contributed by atoms with van der Waals surface area (Å²) in [7, 11) is 0. The Bertz CT molecular complexity index is 1060. The average molecular weight is 471 g/mol. The Morgan fingerprint density at radius 2 is 1.90 bits per heavy atom. The second-order valence-electron chi connectivity index (χ2n) is 7.61. The fraction of sp³-hybridized carbons (Fsp3) is 0.318. The van der Waals surface area contributed by atoms with Gasteiger partial charge in [0.25, 0.3) is 0 Å². The predicted molar refractivity (Wildman–Crippen MR) is 129 cm³/mol. The maximum absolute atomic E-state index is 6.26.